The van der Waals surface area contributed by atoms with Gasteiger partial charge < -0.3 is 19.5 Å². The number of carbonyl (C=O) groups excluding carboxylic acids is 1. The van der Waals surface area contributed by atoms with Crippen LogP contribution in [0.5, 0.6) is 17.2 Å². The number of ether oxygens (including phenoxy) is 3. The van der Waals surface area contributed by atoms with Gasteiger partial charge in [-0.3, -0.25) is 4.79 Å². The third kappa shape index (κ3) is 6.36. The van der Waals surface area contributed by atoms with Gasteiger partial charge in [-0.05, 0) is 54.4 Å². The van der Waals surface area contributed by atoms with Crippen molar-refractivity contribution in [3.05, 3.63) is 60.2 Å². The molecule has 0 aliphatic heterocycles. The van der Waals surface area contributed by atoms with Gasteiger partial charge in [0.2, 0.25) is 5.91 Å². The zero-order valence-electron chi connectivity index (χ0n) is 17.8. The zero-order chi connectivity index (χ0) is 22.1. The Labute approximate surface area is 186 Å². The smallest absolute Gasteiger partial charge is 0.230 e. The summed E-state index contributed by atoms with van der Waals surface area (Å²) in [4.78, 5) is 12.1. The minimum Gasteiger partial charge on any atom is -0.497 e. The number of methoxy groups -OCH3 is 3. The first-order valence-corrected chi connectivity index (χ1v) is 10.7. The number of carbonyl (C=O) groups is 1. The maximum atomic E-state index is 12.1. The van der Waals surface area contributed by atoms with Crippen LogP contribution in [0.2, 0.25) is 0 Å². The van der Waals surface area contributed by atoms with E-state index in [1.165, 1.54) is 11.8 Å². The summed E-state index contributed by atoms with van der Waals surface area (Å²) >= 11 is 1.34. The largest absolute Gasteiger partial charge is 0.497 e. The molecular formula is C23H25N3O4S. The molecule has 0 spiro atoms. The predicted molar refractivity (Wildman–Crippen MR) is 121 cm³/mol. The van der Waals surface area contributed by atoms with E-state index >= 15 is 0 Å². The molecule has 0 atom stereocenters. The Morgan fingerprint density at radius 2 is 1.65 bits per heavy atom. The highest BCUT2D eigenvalue weighted by Gasteiger charge is 2.11. The maximum Gasteiger partial charge on any atom is 0.230 e. The molecule has 2 aromatic carbocycles. The van der Waals surface area contributed by atoms with Gasteiger partial charge in [0.1, 0.15) is 22.3 Å². The first kappa shape index (κ1) is 22.4. The Hall–Kier alpha value is -3.26. The lowest BCUT2D eigenvalue weighted by Crippen LogP contribution is -2.27. The molecule has 31 heavy (non-hydrogen) atoms. The van der Waals surface area contributed by atoms with Gasteiger partial charge in [-0.2, -0.15) is 0 Å². The van der Waals surface area contributed by atoms with Crippen molar-refractivity contribution in [1.82, 2.24) is 15.5 Å². The number of nitrogens with zero attached hydrogens (tertiary/aromatic N) is 2. The second-order valence-electron chi connectivity index (χ2n) is 6.56. The zero-order valence-corrected chi connectivity index (χ0v) is 18.6. The third-order valence-corrected chi connectivity index (χ3v) is 5.49. The first-order valence-electron chi connectivity index (χ1n) is 9.71. The van der Waals surface area contributed by atoms with Crippen LogP contribution >= 0.6 is 11.8 Å². The number of thioether (sulfide) groups is 1. The van der Waals surface area contributed by atoms with Crippen molar-refractivity contribution >= 4 is 17.7 Å². The van der Waals surface area contributed by atoms with Crippen LogP contribution < -0.4 is 19.5 Å². The summed E-state index contributed by atoms with van der Waals surface area (Å²) in [6.07, 6.45) is 0.761. The van der Waals surface area contributed by atoms with E-state index in [0.29, 0.717) is 28.8 Å². The minimum absolute atomic E-state index is 0.0427. The Bertz CT molecular complexity index is 995. The van der Waals surface area contributed by atoms with Crippen LogP contribution in [0, 0.1) is 0 Å². The molecule has 0 aliphatic carbocycles. The average molecular weight is 440 g/mol. The SMILES string of the molecule is COc1ccc(CCNC(=O)CSc2ccc(-c3cc(OC)ccc3OC)nn2)cc1. The lowest BCUT2D eigenvalue weighted by atomic mass is 10.1. The van der Waals surface area contributed by atoms with Crippen LogP contribution in [0.15, 0.2) is 59.6 Å². The quantitative estimate of drug-likeness (QED) is 0.483. The Morgan fingerprint density at radius 1 is 0.903 bits per heavy atom. The van der Waals surface area contributed by atoms with Crippen LogP contribution in [-0.4, -0.2) is 49.7 Å². The monoisotopic (exact) mass is 439 g/mol. The molecule has 3 aromatic rings. The van der Waals surface area contributed by atoms with E-state index in [0.717, 1.165) is 23.3 Å². The van der Waals surface area contributed by atoms with Crippen LogP contribution in [0.25, 0.3) is 11.3 Å². The van der Waals surface area contributed by atoms with E-state index in [1.807, 2.05) is 54.6 Å². The summed E-state index contributed by atoms with van der Waals surface area (Å²) < 4.78 is 15.8. The van der Waals surface area contributed by atoms with Gasteiger partial charge in [0, 0.05) is 12.1 Å². The van der Waals surface area contributed by atoms with Gasteiger partial charge in [-0.25, -0.2) is 0 Å². The average Bonchev–Trinajstić information content (AvgIpc) is 2.83. The van der Waals surface area contributed by atoms with Gasteiger partial charge in [-0.1, -0.05) is 23.9 Å². The molecule has 8 heteroatoms. The molecule has 1 amide bonds. The number of aromatic nitrogens is 2. The van der Waals surface area contributed by atoms with E-state index in [2.05, 4.69) is 15.5 Å². The van der Waals surface area contributed by atoms with E-state index in [9.17, 15) is 4.79 Å². The number of hydrogen-bond acceptors (Lipinski definition) is 7. The molecule has 0 fully saturated rings. The highest BCUT2D eigenvalue weighted by molar-refractivity contribution is 7.99. The number of nitrogens with one attached hydrogen (secondary N) is 1. The van der Waals surface area contributed by atoms with Gasteiger partial charge in [0.15, 0.2) is 0 Å². The van der Waals surface area contributed by atoms with Crippen molar-refractivity contribution < 1.29 is 19.0 Å². The second-order valence-corrected chi connectivity index (χ2v) is 7.56. The topological polar surface area (TPSA) is 82.6 Å². The molecule has 0 saturated heterocycles. The molecule has 162 valence electrons. The Morgan fingerprint density at radius 3 is 2.29 bits per heavy atom. The van der Waals surface area contributed by atoms with Crippen LogP contribution in [0.1, 0.15) is 5.56 Å². The number of rotatable bonds is 10. The molecular weight excluding hydrogens is 414 g/mol. The molecule has 0 saturated carbocycles. The molecule has 0 unspecified atom stereocenters. The van der Waals surface area contributed by atoms with Gasteiger partial charge in [0.05, 0.1) is 32.8 Å². The lowest BCUT2D eigenvalue weighted by molar-refractivity contribution is -0.118. The summed E-state index contributed by atoms with van der Waals surface area (Å²) in [7, 11) is 4.86. The van der Waals surface area contributed by atoms with Crippen LogP contribution in [0.4, 0.5) is 0 Å². The maximum absolute atomic E-state index is 12.1. The number of amides is 1. The third-order valence-electron chi connectivity index (χ3n) is 4.57. The van der Waals surface area contributed by atoms with E-state index in [-0.39, 0.29) is 11.7 Å². The fourth-order valence-corrected chi connectivity index (χ4v) is 3.53. The molecule has 0 radical (unpaired) electrons. The first-order chi connectivity index (χ1) is 15.1. The summed E-state index contributed by atoms with van der Waals surface area (Å²) in [6.45, 7) is 0.575. The van der Waals surface area contributed by atoms with Crippen molar-refractivity contribution in [2.24, 2.45) is 0 Å². The molecule has 7 nitrogen and oxygen atoms in total. The van der Waals surface area contributed by atoms with Crippen molar-refractivity contribution in [2.75, 3.05) is 33.6 Å². The normalized spacial score (nSPS) is 10.4. The molecule has 1 aromatic heterocycles. The summed E-state index contributed by atoms with van der Waals surface area (Å²) in [6, 6.07) is 17.0. The fraction of sp³-hybridized carbons (Fsp3) is 0.261. The van der Waals surface area contributed by atoms with Gasteiger partial charge in [0.25, 0.3) is 0 Å². The standard InChI is InChI=1S/C23H25N3O4S/c1-28-17-6-4-16(5-7-17)12-13-24-22(27)15-31-23-11-9-20(25-26-23)19-14-18(29-2)8-10-21(19)30-3/h4-11,14H,12-13,15H2,1-3H3,(H,24,27). The summed E-state index contributed by atoms with van der Waals surface area (Å²) in [5, 5.41) is 12.1. The second kappa shape index (κ2) is 11.2. The highest BCUT2D eigenvalue weighted by atomic mass is 32.2. The fourth-order valence-electron chi connectivity index (χ4n) is 2.88. The molecule has 1 heterocycles. The Balaban J connectivity index is 1.49. The summed E-state index contributed by atoms with van der Waals surface area (Å²) in [5.41, 5.74) is 2.61. The number of benzene rings is 2. The van der Waals surface area contributed by atoms with Crippen molar-refractivity contribution in [1.29, 1.82) is 0 Å². The van der Waals surface area contributed by atoms with Gasteiger partial charge in [-0.15, -0.1) is 10.2 Å². The van der Waals surface area contributed by atoms with Crippen molar-refractivity contribution in [3.63, 3.8) is 0 Å². The molecule has 3 rings (SSSR count). The van der Waals surface area contributed by atoms with Crippen molar-refractivity contribution in [2.45, 2.75) is 11.4 Å². The van der Waals surface area contributed by atoms with E-state index < -0.39 is 0 Å². The Kier molecular flexibility index (Phi) is 8.12. The highest BCUT2D eigenvalue weighted by Crippen LogP contribution is 2.32. The molecule has 1 N–H and O–H groups in total. The van der Waals surface area contributed by atoms with Crippen LogP contribution in [-0.2, 0) is 11.2 Å². The van der Waals surface area contributed by atoms with Gasteiger partial charge >= 0.3 is 0 Å². The lowest BCUT2D eigenvalue weighted by Gasteiger charge is -2.10. The van der Waals surface area contributed by atoms with Crippen LogP contribution in [0.3, 0.4) is 0 Å². The number of hydrogen-bond donors (Lipinski definition) is 1. The molecule has 0 aliphatic rings. The van der Waals surface area contributed by atoms with E-state index in [4.69, 9.17) is 14.2 Å². The minimum atomic E-state index is -0.0427. The molecule has 0 bridgehead atoms. The van der Waals surface area contributed by atoms with Crippen molar-refractivity contribution in [3.8, 4) is 28.5 Å². The summed E-state index contributed by atoms with van der Waals surface area (Å²) in [5.74, 6) is 2.45. The van der Waals surface area contributed by atoms with E-state index in [1.54, 1.807) is 21.3 Å². The predicted octanol–water partition coefficient (Wildman–Crippen LogP) is 3.62.